The SMILES string of the molecule is CCNC(=NCC1COc2ccccc2O1)NCCc1nc(C(F)(F)F)cs1. The van der Waals surface area contributed by atoms with Crippen molar-refractivity contribution in [3.63, 3.8) is 0 Å². The highest BCUT2D eigenvalue weighted by atomic mass is 32.1. The first kappa shape index (κ1) is 20.2. The van der Waals surface area contributed by atoms with Gasteiger partial charge in [0, 0.05) is 24.9 Å². The van der Waals surface area contributed by atoms with Crippen LogP contribution in [0.25, 0.3) is 0 Å². The van der Waals surface area contributed by atoms with Crippen LogP contribution in [0.1, 0.15) is 17.6 Å². The average molecular weight is 414 g/mol. The van der Waals surface area contributed by atoms with Gasteiger partial charge in [-0.25, -0.2) is 9.98 Å². The smallest absolute Gasteiger partial charge is 0.434 e. The lowest BCUT2D eigenvalue weighted by Crippen LogP contribution is -2.40. The van der Waals surface area contributed by atoms with Crippen molar-refractivity contribution < 1.29 is 22.6 Å². The van der Waals surface area contributed by atoms with Crippen molar-refractivity contribution >= 4 is 17.3 Å². The lowest BCUT2D eigenvalue weighted by Gasteiger charge is -2.25. The first-order valence-corrected chi connectivity index (χ1v) is 9.76. The second-order valence-corrected chi connectivity index (χ2v) is 6.96. The Labute approximate surface area is 164 Å². The fraction of sp³-hybridized carbons (Fsp3) is 0.444. The summed E-state index contributed by atoms with van der Waals surface area (Å²) in [6, 6.07) is 7.46. The van der Waals surface area contributed by atoms with Crippen LogP contribution < -0.4 is 20.1 Å². The summed E-state index contributed by atoms with van der Waals surface area (Å²) in [4.78, 5) is 8.10. The standard InChI is InChI=1S/C18H21F3N4O2S/c1-2-22-17(23-8-7-16-25-15(11-28-16)18(19,20)21)24-9-12-10-26-13-5-3-4-6-14(13)27-12/h3-6,11-12H,2,7-10H2,1H3,(H2,22,23,24). The number of nitrogens with one attached hydrogen (secondary N) is 2. The molecule has 2 heterocycles. The van der Waals surface area contributed by atoms with E-state index < -0.39 is 11.9 Å². The molecule has 6 nitrogen and oxygen atoms in total. The van der Waals surface area contributed by atoms with Crippen LogP contribution in [0.3, 0.4) is 0 Å². The van der Waals surface area contributed by atoms with Crippen LogP contribution in [-0.4, -0.2) is 43.3 Å². The fourth-order valence-electron chi connectivity index (χ4n) is 2.53. The van der Waals surface area contributed by atoms with Gasteiger partial charge in [0.2, 0.25) is 0 Å². The van der Waals surface area contributed by atoms with Gasteiger partial charge in [-0.3, -0.25) is 0 Å². The zero-order chi connectivity index (χ0) is 20.0. The van der Waals surface area contributed by atoms with Crippen LogP contribution in [0.4, 0.5) is 13.2 Å². The van der Waals surface area contributed by atoms with Gasteiger partial charge in [-0.2, -0.15) is 13.2 Å². The van der Waals surface area contributed by atoms with E-state index >= 15 is 0 Å². The third-order valence-corrected chi connectivity index (χ3v) is 4.75. The molecule has 2 aromatic rings. The molecule has 0 amide bonds. The molecule has 0 spiro atoms. The van der Waals surface area contributed by atoms with Gasteiger partial charge in [0.05, 0.1) is 11.6 Å². The summed E-state index contributed by atoms with van der Waals surface area (Å²) in [5.41, 5.74) is -0.845. The van der Waals surface area contributed by atoms with Crippen molar-refractivity contribution in [1.82, 2.24) is 15.6 Å². The summed E-state index contributed by atoms with van der Waals surface area (Å²) in [7, 11) is 0. The Bertz CT molecular complexity index is 810. The van der Waals surface area contributed by atoms with Crippen molar-refractivity contribution in [1.29, 1.82) is 0 Å². The molecule has 2 N–H and O–H groups in total. The van der Waals surface area contributed by atoms with Crippen LogP contribution >= 0.6 is 11.3 Å². The second kappa shape index (κ2) is 9.13. The van der Waals surface area contributed by atoms with E-state index in [1.807, 2.05) is 31.2 Å². The highest BCUT2D eigenvalue weighted by molar-refractivity contribution is 7.09. The van der Waals surface area contributed by atoms with Crippen LogP contribution in [0, 0.1) is 0 Å². The minimum absolute atomic E-state index is 0.210. The molecule has 0 saturated carbocycles. The maximum Gasteiger partial charge on any atom is 0.434 e. The van der Waals surface area contributed by atoms with Gasteiger partial charge in [-0.05, 0) is 19.1 Å². The number of alkyl halides is 3. The monoisotopic (exact) mass is 414 g/mol. The Kier molecular flexibility index (Phi) is 6.61. The summed E-state index contributed by atoms with van der Waals surface area (Å²) in [5.74, 6) is 1.98. The average Bonchev–Trinajstić information content (AvgIpc) is 3.15. The molecule has 0 aliphatic carbocycles. The number of ether oxygens (including phenoxy) is 2. The molecule has 1 aromatic heterocycles. The molecule has 1 aromatic carbocycles. The van der Waals surface area contributed by atoms with Crippen LogP contribution in [-0.2, 0) is 12.6 Å². The first-order chi connectivity index (χ1) is 13.5. The van der Waals surface area contributed by atoms with Crippen LogP contribution in [0.2, 0.25) is 0 Å². The quantitative estimate of drug-likeness (QED) is 0.562. The minimum Gasteiger partial charge on any atom is -0.486 e. The molecule has 28 heavy (non-hydrogen) atoms. The number of halogens is 3. The second-order valence-electron chi connectivity index (χ2n) is 6.02. The Morgan fingerprint density at radius 3 is 2.79 bits per heavy atom. The van der Waals surface area contributed by atoms with Crippen LogP contribution in [0.15, 0.2) is 34.6 Å². The Morgan fingerprint density at radius 1 is 1.29 bits per heavy atom. The van der Waals surface area contributed by atoms with E-state index in [4.69, 9.17) is 9.47 Å². The van der Waals surface area contributed by atoms with E-state index in [0.29, 0.717) is 49.4 Å². The maximum atomic E-state index is 12.6. The Hall–Kier alpha value is -2.49. The highest BCUT2D eigenvalue weighted by Crippen LogP contribution is 2.31. The van der Waals surface area contributed by atoms with Crippen molar-refractivity contribution in [3.05, 3.63) is 40.3 Å². The van der Waals surface area contributed by atoms with E-state index in [1.165, 1.54) is 0 Å². The van der Waals surface area contributed by atoms with Crippen molar-refractivity contribution in [2.45, 2.75) is 25.6 Å². The van der Waals surface area contributed by atoms with Crippen LogP contribution in [0.5, 0.6) is 11.5 Å². The number of aliphatic imine (C=N–C) groups is 1. The van der Waals surface area contributed by atoms with E-state index in [2.05, 4.69) is 20.6 Å². The number of nitrogens with zero attached hydrogens (tertiary/aromatic N) is 2. The molecule has 152 valence electrons. The topological polar surface area (TPSA) is 67.8 Å². The molecule has 1 aliphatic heterocycles. The lowest BCUT2D eigenvalue weighted by atomic mass is 10.2. The minimum atomic E-state index is -4.40. The van der Waals surface area contributed by atoms with Crippen molar-refractivity contribution in [2.75, 3.05) is 26.2 Å². The molecule has 1 atom stereocenters. The molecular weight excluding hydrogens is 393 g/mol. The molecule has 0 bridgehead atoms. The van der Waals surface area contributed by atoms with Gasteiger partial charge in [-0.15, -0.1) is 11.3 Å². The van der Waals surface area contributed by atoms with E-state index in [1.54, 1.807) is 0 Å². The number of aromatic nitrogens is 1. The lowest BCUT2D eigenvalue weighted by molar-refractivity contribution is -0.140. The number of para-hydroxylation sites is 2. The number of fused-ring (bicyclic) bond motifs is 1. The zero-order valence-electron chi connectivity index (χ0n) is 15.3. The van der Waals surface area contributed by atoms with Gasteiger partial charge >= 0.3 is 6.18 Å². The van der Waals surface area contributed by atoms with Gasteiger partial charge in [-0.1, -0.05) is 12.1 Å². The molecule has 10 heteroatoms. The van der Waals surface area contributed by atoms with Gasteiger partial charge in [0.15, 0.2) is 29.3 Å². The Balaban J connectivity index is 1.50. The summed E-state index contributed by atoms with van der Waals surface area (Å²) in [6.45, 7) is 3.80. The molecule has 0 fully saturated rings. The van der Waals surface area contributed by atoms with Gasteiger partial charge < -0.3 is 20.1 Å². The molecule has 1 unspecified atom stereocenters. The van der Waals surface area contributed by atoms with Crippen molar-refractivity contribution in [3.8, 4) is 11.5 Å². The van der Waals surface area contributed by atoms with E-state index in [9.17, 15) is 13.2 Å². The first-order valence-electron chi connectivity index (χ1n) is 8.88. The molecule has 3 rings (SSSR count). The predicted molar refractivity (Wildman–Crippen MR) is 101 cm³/mol. The zero-order valence-corrected chi connectivity index (χ0v) is 16.1. The summed E-state index contributed by atoms with van der Waals surface area (Å²) < 4.78 is 49.3. The Morgan fingerprint density at radius 2 is 2.07 bits per heavy atom. The molecular formula is C18H21F3N4O2S. The highest BCUT2D eigenvalue weighted by Gasteiger charge is 2.33. The predicted octanol–water partition coefficient (Wildman–Crippen LogP) is 3.10. The summed E-state index contributed by atoms with van der Waals surface area (Å²) >= 11 is 1.00. The van der Waals surface area contributed by atoms with Crippen molar-refractivity contribution in [2.24, 2.45) is 4.99 Å². The van der Waals surface area contributed by atoms with Gasteiger partial charge in [0.25, 0.3) is 0 Å². The third-order valence-electron chi connectivity index (χ3n) is 3.84. The normalized spacial score (nSPS) is 16.7. The molecule has 0 saturated heterocycles. The number of thiazole rings is 1. The summed E-state index contributed by atoms with van der Waals surface area (Å²) in [5, 5.41) is 7.67. The van der Waals surface area contributed by atoms with E-state index in [0.717, 1.165) is 22.5 Å². The number of benzene rings is 1. The molecule has 1 aliphatic rings. The van der Waals surface area contributed by atoms with Gasteiger partial charge in [0.1, 0.15) is 6.61 Å². The molecule has 0 radical (unpaired) electrons. The number of hydrogen-bond acceptors (Lipinski definition) is 5. The maximum absolute atomic E-state index is 12.6. The number of hydrogen-bond donors (Lipinski definition) is 2. The fourth-order valence-corrected chi connectivity index (χ4v) is 3.34. The third kappa shape index (κ3) is 5.51. The summed E-state index contributed by atoms with van der Waals surface area (Å²) in [6.07, 6.45) is -4.24. The number of guanidine groups is 1. The largest absolute Gasteiger partial charge is 0.486 e. The van der Waals surface area contributed by atoms with E-state index in [-0.39, 0.29) is 6.10 Å². The number of rotatable bonds is 6.